The summed E-state index contributed by atoms with van der Waals surface area (Å²) < 4.78 is 5.36. The molecule has 1 aliphatic heterocycles. The second-order valence-corrected chi connectivity index (χ2v) is 5.71. The van der Waals surface area contributed by atoms with E-state index in [1.54, 1.807) is 4.90 Å². The van der Waals surface area contributed by atoms with Gasteiger partial charge in [0, 0.05) is 19.1 Å². The standard InChI is InChI=1S/C12H24N2O2/c1-9-8-14(7-5-6-10(9)13)11(15)16-12(2,3)4/h9-10H,5-8,13H2,1-4H3/t9-,10+/m0/s1. The first-order chi connectivity index (χ1) is 7.29. The van der Waals surface area contributed by atoms with Crippen LogP contribution >= 0.6 is 0 Å². The molecule has 1 aliphatic rings. The van der Waals surface area contributed by atoms with Crippen molar-refractivity contribution in [2.45, 2.75) is 52.2 Å². The van der Waals surface area contributed by atoms with E-state index >= 15 is 0 Å². The molecule has 2 N–H and O–H groups in total. The highest BCUT2D eigenvalue weighted by Crippen LogP contribution is 2.17. The van der Waals surface area contributed by atoms with Crippen molar-refractivity contribution in [2.75, 3.05) is 13.1 Å². The molecule has 0 unspecified atom stereocenters. The van der Waals surface area contributed by atoms with Gasteiger partial charge in [-0.25, -0.2) is 4.79 Å². The van der Waals surface area contributed by atoms with Crippen molar-refractivity contribution >= 4 is 6.09 Å². The fourth-order valence-electron chi connectivity index (χ4n) is 1.87. The second kappa shape index (κ2) is 5.04. The molecule has 0 aromatic rings. The molecule has 1 fully saturated rings. The monoisotopic (exact) mass is 228 g/mol. The summed E-state index contributed by atoms with van der Waals surface area (Å²) in [5.74, 6) is 0.343. The van der Waals surface area contributed by atoms with Gasteiger partial charge in [-0.3, -0.25) is 0 Å². The Morgan fingerprint density at radius 1 is 1.44 bits per heavy atom. The number of ether oxygens (including phenoxy) is 1. The van der Waals surface area contributed by atoms with Crippen LogP contribution in [0.3, 0.4) is 0 Å². The zero-order valence-corrected chi connectivity index (χ0v) is 10.8. The fraction of sp³-hybridized carbons (Fsp3) is 0.917. The number of nitrogens with zero attached hydrogens (tertiary/aromatic N) is 1. The number of nitrogens with two attached hydrogens (primary N) is 1. The molecule has 1 rings (SSSR count). The number of hydrogen-bond donors (Lipinski definition) is 1. The van der Waals surface area contributed by atoms with E-state index in [9.17, 15) is 4.79 Å². The minimum Gasteiger partial charge on any atom is -0.444 e. The molecule has 4 nitrogen and oxygen atoms in total. The zero-order valence-electron chi connectivity index (χ0n) is 10.8. The molecule has 0 radical (unpaired) electrons. The first kappa shape index (κ1) is 13.3. The van der Waals surface area contributed by atoms with Gasteiger partial charge >= 0.3 is 6.09 Å². The number of amides is 1. The average Bonchev–Trinajstić information content (AvgIpc) is 2.27. The van der Waals surface area contributed by atoms with E-state index in [1.807, 2.05) is 20.8 Å². The van der Waals surface area contributed by atoms with E-state index in [0.29, 0.717) is 12.5 Å². The van der Waals surface area contributed by atoms with Crippen LogP contribution in [0.4, 0.5) is 4.79 Å². The van der Waals surface area contributed by atoms with Crippen LogP contribution in [0.25, 0.3) is 0 Å². The van der Waals surface area contributed by atoms with E-state index in [0.717, 1.165) is 19.4 Å². The van der Waals surface area contributed by atoms with E-state index in [2.05, 4.69) is 6.92 Å². The van der Waals surface area contributed by atoms with Gasteiger partial charge in [0.15, 0.2) is 0 Å². The highest BCUT2D eigenvalue weighted by molar-refractivity contribution is 5.68. The van der Waals surface area contributed by atoms with Gasteiger partial charge in [0.1, 0.15) is 5.60 Å². The van der Waals surface area contributed by atoms with Gasteiger partial charge < -0.3 is 15.4 Å². The average molecular weight is 228 g/mol. The molecule has 0 spiro atoms. The molecular formula is C12H24N2O2. The predicted molar refractivity (Wildman–Crippen MR) is 64.2 cm³/mol. The van der Waals surface area contributed by atoms with Gasteiger partial charge in [-0.2, -0.15) is 0 Å². The zero-order chi connectivity index (χ0) is 12.3. The molecule has 0 aromatic heterocycles. The molecule has 0 saturated carbocycles. The Labute approximate surface area is 98.1 Å². The first-order valence-corrected chi connectivity index (χ1v) is 6.03. The molecule has 1 saturated heterocycles. The van der Waals surface area contributed by atoms with Crippen molar-refractivity contribution in [3.8, 4) is 0 Å². The Balaban J connectivity index is 2.56. The van der Waals surface area contributed by atoms with Gasteiger partial charge in [0.05, 0.1) is 0 Å². The van der Waals surface area contributed by atoms with E-state index in [-0.39, 0.29) is 12.1 Å². The number of carbonyl (C=O) groups excluding carboxylic acids is 1. The minimum atomic E-state index is -0.422. The normalized spacial score (nSPS) is 27.4. The van der Waals surface area contributed by atoms with Crippen LogP contribution < -0.4 is 5.73 Å². The van der Waals surface area contributed by atoms with Gasteiger partial charge in [-0.15, -0.1) is 0 Å². The van der Waals surface area contributed by atoms with Crippen LogP contribution in [0.1, 0.15) is 40.5 Å². The third kappa shape index (κ3) is 4.00. The van der Waals surface area contributed by atoms with Crippen LogP contribution in [0.15, 0.2) is 0 Å². The first-order valence-electron chi connectivity index (χ1n) is 6.03. The number of likely N-dealkylation sites (tertiary alicyclic amines) is 1. The lowest BCUT2D eigenvalue weighted by Crippen LogP contribution is -2.40. The van der Waals surface area contributed by atoms with Gasteiger partial charge in [0.25, 0.3) is 0 Å². The quantitative estimate of drug-likeness (QED) is 0.689. The van der Waals surface area contributed by atoms with E-state index in [4.69, 9.17) is 10.5 Å². The van der Waals surface area contributed by atoms with E-state index < -0.39 is 5.60 Å². The Kier molecular flexibility index (Phi) is 4.19. The topological polar surface area (TPSA) is 55.6 Å². The molecular weight excluding hydrogens is 204 g/mol. The van der Waals surface area contributed by atoms with Crippen molar-refractivity contribution in [1.82, 2.24) is 4.90 Å². The third-order valence-corrected chi connectivity index (χ3v) is 2.86. The summed E-state index contributed by atoms with van der Waals surface area (Å²) in [6.45, 7) is 9.21. The fourth-order valence-corrected chi connectivity index (χ4v) is 1.87. The van der Waals surface area contributed by atoms with Crippen molar-refractivity contribution in [2.24, 2.45) is 11.7 Å². The maximum Gasteiger partial charge on any atom is 0.410 e. The maximum atomic E-state index is 11.9. The minimum absolute atomic E-state index is 0.201. The van der Waals surface area contributed by atoms with Crippen molar-refractivity contribution < 1.29 is 9.53 Å². The summed E-state index contributed by atoms with van der Waals surface area (Å²) in [6, 6.07) is 0.201. The highest BCUT2D eigenvalue weighted by Gasteiger charge is 2.27. The molecule has 0 aliphatic carbocycles. The predicted octanol–water partition coefficient (Wildman–Crippen LogP) is 1.98. The largest absolute Gasteiger partial charge is 0.444 e. The summed E-state index contributed by atoms with van der Waals surface area (Å²) in [7, 11) is 0. The van der Waals surface area contributed by atoms with Crippen LogP contribution in [0.5, 0.6) is 0 Å². The number of hydrogen-bond acceptors (Lipinski definition) is 3. The summed E-state index contributed by atoms with van der Waals surface area (Å²) in [5, 5.41) is 0. The molecule has 4 heteroatoms. The maximum absolute atomic E-state index is 11.9. The van der Waals surface area contributed by atoms with Crippen molar-refractivity contribution in [3.63, 3.8) is 0 Å². The third-order valence-electron chi connectivity index (χ3n) is 2.86. The Morgan fingerprint density at radius 3 is 2.62 bits per heavy atom. The number of carbonyl (C=O) groups is 1. The second-order valence-electron chi connectivity index (χ2n) is 5.71. The van der Waals surface area contributed by atoms with Gasteiger partial charge in [-0.05, 0) is 39.5 Å². The Hall–Kier alpha value is -0.770. The molecule has 1 heterocycles. The van der Waals surface area contributed by atoms with Crippen LogP contribution in [-0.4, -0.2) is 35.7 Å². The Bertz CT molecular complexity index is 248. The van der Waals surface area contributed by atoms with Crippen molar-refractivity contribution in [1.29, 1.82) is 0 Å². The number of rotatable bonds is 0. The SMILES string of the molecule is C[C@H]1CN(C(=O)OC(C)(C)C)CCC[C@H]1N. The Morgan fingerprint density at radius 2 is 2.06 bits per heavy atom. The lowest BCUT2D eigenvalue weighted by Gasteiger charge is -2.28. The highest BCUT2D eigenvalue weighted by atomic mass is 16.6. The lowest BCUT2D eigenvalue weighted by molar-refractivity contribution is 0.0236. The summed E-state index contributed by atoms with van der Waals surface area (Å²) in [5.41, 5.74) is 5.57. The summed E-state index contributed by atoms with van der Waals surface area (Å²) >= 11 is 0. The molecule has 1 amide bonds. The lowest BCUT2D eigenvalue weighted by atomic mass is 10.0. The van der Waals surface area contributed by atoms with Crippen LogP contribution in [0.2, 0.25) is 0 Å². The van der Waals surface area contributed by atoms with Crippen molar-refractivity contribution in [3.05, 3.63) is 0 Å². The smallest absolute Gasteiger partial charge is 0.410 e. The van der Waals surface area contributed by atoms with E-state index in [1.165, 1.54) is 0 Å². The van der Waals surface area contributed by atoms with Gasteiger partial charge in [0.2, 0.25) is 0 Å². The molecule has 0 aromatic carbocycles. The molecule has 94 valence electrons. The molecule has 0 bridgehead atoms. The van der Waals surface area contributed by atoms with Crippen LogP contribution in [0, 0.1) is 5.92 Å². The van der Waals surface area contributed by atoms with Gasteiger partial charge in [-0.1, -0.05) is 6.92 Å². The van der Waals surface area contributed by atoms with Crippen LogP contribution in [-0.2, 0) is 4.74 Å². The summed E-state index contributed by atoms with van der Waals surface area (Å²) in [4.78, 5) is 13.7. The molecule has 16 heavy (non-hydrogen) atoms. The summed E-state index contributed by atoms with van der Waals surface area (Å²) in [6.07, 6.45) is 1.74. The molecule has 2 atom stereocenters.